The summed E-state index contributed by atoms with van der Waals surface area (Å²) >= 11 is 1.66. The highest BCUT2D eigenvalue weighted by molar-refractivity contribution is 7.17. The van der Waals surface area contributed by atoms with Gasteiger partial charge in [0.05, 0.1) is 22.5 Å². The number of aryl methyl sites for hydroxylation is 1. The van der Waals surface area contributed by atoms with Crippen molar-refractivity contribution in [3.05, 3.63) is 46.0 Å². The van der Waals surface area contributed by atoms with Gasteiger partial charge in [0.1, 0.15) is 12.1 Å². The molecule has 1 aliphatic heterocycles. The van der Waals surface area contributed by atoms with E-state index in [1.165, 1.54) is 12.8 Å². The second-order valence-corrected chi connectivity index (χ2v) is 7.88. The highest BCUT2D eigenvalue weighted by Gasteiger charge is 2.22. The molecule has 4 heterocycles. The fraction of sp³-hybridized carbons (Fsp3) is 0.474. The first kappa shape index (κ1) is 18.1. The standard InChI is InChI=1S/C19H24N6OS/c1-14-5-6-17(26)25(23-14)10-9-24-8-3-2-4-15(24)12-20-19-18-16(7-11-27-18)21-13-22-19/h5-7,11,13,15H,2-4,8-10,12H2,1H3,(H,20,21,22). The van der Waals surface area contributed by atoms with Gasteiger partial charge in [-0.3, -0.25) is 9.69 Å². The molecule has 0 radical (unpaired) electrons. The lowest BCUT2D eigenvalue weighted by atomic mass is 10.0. The molecule has 1 saturated heterocycles. The molecule has 7 nitrogen and oxygen atoms in total. The van der Waals surface area contributed by atoms with E-state index in [0.29, 0.717) is 12.6 Å². The molecule has 0 aliphatic carbocycles. The van der Waals surface area contributed by atoms with E-state index >= 15 is 0 Å². The maximum atomic E-state index is 12.0. The number of hydrogen-bond acceptors (Lipinski definition) is 7. The minimum absolute atomic E-state index is 0.0339. The van der Waals surface area contributed by atoms with Crippen molar-refractivity contribution in [1.29, 1.82) is 0 Å². The van der Waals surface area contributed by atoms with E-state index in [1.807, 2.05) is 18.4 Å². The van der Waals surface area contributed by atoms with E-state index in [4.69, 9.17) is 0 Å². The van der Waals surface area contributed by atoms with E-state index < -0.39 is 0 Å². The number of likely N-dealkylation sites (tertiary alicyclic amines) is 1. The van der Waals surface area contributed by atoms with Crippen LogP contribution in [0.3, 0.4) is 0 Å². The zero-order valence-electron chi connectivity index (χ0n) is 15.5. The van der Waals surface area contributed by atoms with Crippen LogP contribution < -0.4 is 10.9 Å². The minimum Gasteiger partial charge on any atom is -0.367 e. The third kappa shape index (κ3) is 4.17. The Hall–Kier alpha value is -2.32. The Morgan fingerprint density at radius 1 is 1.22 bits per heavy atom. The molecule has 0 spiro atoms. The molecule has 1 fully saturated rings. The van der Waals surface area contributed by atoms with Crippen LogP contribution in [0.15, 0.2) is 34.7 Å². The van der Waals surface area contributed by atoms with Crippen LogP contribution in [0.5, 0.6) is 0 Å². The molecule has 0 amide bonds. The number of thiophene rings is 1. The maximum Gasteiger partial charge on any atom is 0.266 e. The first-order chi connectivity index (χ1) is 13.2. The molecule has 3 aromatic rings. The third-order valence-electron chi connectivity index (χ3n) is 5.10. The van der Waals surface area contributed by atoms with Gasteiger partial charge < -0.3 is 5.32 Å². The quantitative estimate of drug-likeness (QED) is 0.704. The largest absolute Gasteiger partial charge is 0.367 e. The number of nitrogens with zero attached hydrogens (tertiary/aromatic N) is 5. The fourth-order valence-electron chi connectivity index (χ4n) is 3.65. The molecular weight excluding hydrogens is 360 g/mol. The van der Waals surface area contributed by atoms with Gasteiger partial charge >= 0.3 is 0 Å². The summed E-state index contributed by atoms with van der Waals surface area (Å²) in [4.78, 5) is 23.2. The molecule has 1 aliphatic rings. The Bertz CT molecular complexity index is 968. The summed E-state index contributed by atoms with van der Waals surface area (Å²) in [6.45, 7) is 5.28. The molecule has 27 heavy (non-hydrogen) atoms. The third-order valence-corrected chi connectivity index (χ3v) is 6.01. The molecular formula is C19H24N6OS. The molecule has 8 heteroatoms. The van der Waals surface area contributed by atoms with Crippen molar-refractivity contribution in [2.24, 2.45) is 0 Å². The van der Waals surface area contributed by atoms with Crippen LogP contribution in [0.2, 0.25) is 0 Å². The number of rotatable bonds is 6. The average Bonchev–Trinajstić information content (AvgIpc) is 3.17. The molecule has 1 N–H and O–H groups in total. The summed E-state index contributed by atoms with van der Waals surface area (Å²) in [7, 11) is 0. The number of nitrogens with one attached hydrogen (secondary N) is 1. The van der Waals surface area contributed by atoms with Crippen molar-refractivity contribution >= 4 is 27.4 Å². The van der Waals surface area contributed by atoms with Crippen molar-refractivity contribution in [1.82, 2.24) is 24.6 Å². The molecule has 0 saturated carbocycles. The SMILES string of the molecule is Cc1ccc(=O)n(CCN2CCCCC2CNc2ncnc3ccsc23)n1. The lowest BCUT2D eigenvalue weighted by molar-refractivity contribution is 0.148. The van der Waals surface area contributed by atoms with E-state index in [9.17, 15) is 4.79 Å². The second-order valence-electron chi connectivity index (χ2n) is 6.96. The normalized spacial score (nSPS) is 18.0. The van der Waals surface area contributed by atoms with Gasteiger partial charge in [-0.15, -0.1) is 11.3 Å². The van der Waals surface area contributed by atoms with E-state index in [1.54, 1.807) is 34.5 Å². The van der Waals surface area contributed by atoms with Crippen LogP contribution in [-0.2, 0) is 6.54 Å². The van der Waals surface area contributed by atoms with Gasteiger partial charge in [0.25, 0.3) is 5.56 Å². The summed E-state index contributed by atoms with van der Waals surface area (Å²) < 4.78 is 2.68. The van der Waals surface area contributed by atoms with Gasteiger partial charge in [0, 0.05) is 25.2 Å². The van der Waals surface area contributed by atoms with Gasteiger partial charge in [-0.1, -0.05) is 6.42 Å². The Labute approximate surface area is 162 Å². The van der Waals surface area contributed by atoms with Crippen LogP contribution in [-0.4, -0.2) is 50.3 Å². The second kappa shape index (κ2) is 8.14. The Morgan fingerprint density at radius 3 is 3.07 bits per heavy atom. The summed E-state index contributed by atoms with van der Waals surface area (Å²) in [5.41, 5.74) is 1.83. The molecule has 1 unspecified atom stereocenters. The maximum absolute atomic E-state index is 12.0. The summed E-state index contributed by atoms with van der Waals surface area (Å²) in [5.74, 6) is 0.914. The van der Waals surface area contributed by atoms with Crippen LogP contribution in [0.4, 0.5) is 5.82 Å². The zero-order valence-corrected chi connectivity index (χ0v) is 16.3. The minimum atomic E-state index is -0.0339. The first-order valence-corrected chi connectivity index (χ1v) is 10.3. The Kier molecular flexibility index (Phi) is 5.45. The number of fused-ring (bicyclic) bond motifs is 1. The zero-order chi connectivity index (χ0) is 18.6. The molecule has 0 aromatic carbocycles. The average molecular weight is 385 g/mol. The van der Waals surface area contributed by atoms with Gasteiger partial charge in [-0.25, -0.2) is 14.6 Å². The highest BCUT2D eigenvalue weighted by Crippen LogP contribution is 2.25. The predicted octanol–water partition coefficient (Wildman–Crippen LogP) is 2.52. The van der Waals surface area contributed by atoms with Crippen molar-refractivity contribution in [3.63, 3.8) is 0 Å². The lowest BCUT2D eigenvalue weighted by Gasteiger charge is -2.35. The van der Waals surface area contributed by atoms with Crippen LogP contribution in [0.1, 0.15) is 25.0 Å². The first-order valence-electron chi connectivity index (χ1n) is 9.41. The van der Waals surface area contributed by atoms with Crippen LogP contribution in [0, 0.1) is 6.92 Å². The van der Waals surface area contributed by atoms with E-state index in [2.05, 4.69) is 25.3 Å². The molecule has 142 valence electrons. The van der Waals surface area contributed by atoms with Crippen molar-refractivity contribution < 1.29 is 0 Å². The summed E-state index contributed by atoms with van der Waals surface area (Å²) in [6.07, 6.45) is 5.21. The summed E-state index contributed by atoms with van der Waals surface area (Å²) in [6, 6.07) is 5.81. The van der Waals surface area contributed by atoms with Crippen LogP contribution in [0.25, 0.3) is 10.2 Å². The van der Waals surface area contributed by atoms with E-state index in [-0.39, 0.29) is 5.56 Å². The number of piperidine rings is 1. The number of anilines is 1. The molecule has 4 rings (SSSR count). The Morgan fingerprint density at radius 2 is 2.15 bits per heavy atom. The monoisotopic (exact) mass is 384 g/mol. The van der Waals surface area contributed by atoms with Gasteiger partial charge in [0.2, 0.25) is 0 Å². The molecule has 0 bridgehead atoms. The van der Waals surface area contributed by atoms with Gasteiger partial charge in [0.15, 0.2) is 0 Å². The van der Waals surface area contributed by atoms with Gasteiger partial charge in [-0.2, -0.15) is 5.10 Å². The smallest absolute Gasteiger partial charge is 0.266 e. The van der Waals surface area contributed by atoms with Crippen LogP contribution >= 0.6 is 11.3 Å². The predicted molar refractivity (Wildman–Crippen MR) is 108 cm³/mol. The van der Waals surface area contributed by atoms with Crippen molar-refractivity contribution in [2.45, 2.75) is 38.8 Å². The topological polar surface area (TPSA) is 75.9 Å². The fourth-order valence-corrected chi connectivity index (χ4v) is 4.46. The molecule has 3 aromatic heterocycles. The van der Waals surface area contributed by atoms with E-state index in [0.717, 1.165) is 47.8 Å². The number of aromatic nitrogens is 4. The van der Waals surface area contributed by atoms with Crippen molar-refractivity contribution in [2.75, 3.05) is 25.0 Å². The Balaban J connectivity index is 1.41. The number of hydrogen-bond donors (Lipinski definition) is 1. The van der Waals surface area contributed by atoms with Crippen molar-refractivity contribution in [3.8, 4) is 0 Å². The van der Waals surface area contributed by atoms with Gasteiger partial charge in [-0.05, 0) is 43.8 Å². The molecule has 1 atom stereocenters. The lowest BCUT2D eigenvalue weighted by Crippen LogP contribution is -2.45. The highest BCUT2D eigenvalue weighted by atomic mass is 32.1. The summed E-state index contributed by atoms with van der Waals surface area (Å²) in [5, 5.41) is 9.92.